The number of hydrogen-bond donors (Lipinski definition) is 0. The Morgan fingerprint density at radius 3 is 2.77 bits per heavy atom. The SMILES string of the molecule is CCN(C)c1ccnc(C[C@@H]2CC[C@H](CN(C)Cc3cccnc3)O2)n1. The van der Waals surface area contributed by atoms with Gasteiger partial charge < -0.3 is 9.64 Å². The molecule has 1 fully saturated rings. The van der Waals surface area contributed by atoms with Gasteiger partial charge in [-0.2, -0.15) is 0 Å². The third-order valence-electron chi connectivity index (χ3n) is 4.85. The summed E-state index contributed by atoms with van der Waals surface area (Å²) in [7, 11) is 4.18. The molecular weight excluding hydrogens is 326 g/mol. The van der Waals surface area contributed by atoms with E-state index >= 15 is 0 Å². The number of likely N-dealkylation sites (N-methyl/N-ethyl adjacent to an activating group) is 1. The Morgan fingerprint density at radius 1 is 1.15 bits per heavy atom. The van der Waals surface area contributed by atoms with E-state index in [1.807, 2.05) is 37.8 Å². The number of ether oxygens (including phenoxy) is 1. The molecule has 0 saturated carbocycles. The summed E-state index contributed by atoms with van der Waals surface area (Å²) < 4.78 is 6.25. The minimum Gasteiger partial charge on any atom is -0.373 e. The van der Waals surface area contributed by atoms with Crippen molar-refractivity contribution in [2.45, 2.75) is 44.9 Å². The van der Waals surface area contributed by atoms with Crippen molar-refractivity contribution in [3.05, 3.63) is 48.2 Å². The molecule has 0 aromatic carbocycles. The maximum Gasteiger partial charge on any atom is 0.133 e. The van der Waals surface area contributed by atoms with E-state index in [-0.39, 0.29) is 12.2 Å². The maximum absolute atomic E-state index is 6.25. The molecule has 26 heavy (non-hydrogen) atoms. The molecule has 2 aromatic heterocycles. The third kappa shape index (κ3) is 5.22. The standard InChI is InChI=1S/C20H29N5O/c1-4-25(3)20-9-11-22-19(23-20)12-17-7-8-18(26-17)15-24(2)14-16-6-5-10-21-13-16/h5-6,9-11,13,17-18H,4,7-8,12,14-15H2,1-3H3/t17-,18+/m0/s1. The Hall–Kier alpha value is -2.05. The number of hydrogen-bond acceptors (Lipinski definition) is 6. The fourth-order valence-electron chi connectivity index (χ4n) is 3.34. The molecule has 6 heteroatoms. The molecule has 0 spiro atoms. The van der Waals surface area contributed by atoms with Crippen LogP contribution in [0.3, 0.4) is 0 Å². The van der Waals surface area contributed by atoms with Crippen LogP contribution >= 0.6 is 0 Å². The molecule has 0 bridgehead atoms. The molecule has 0 radical (unpaired) electrons. The highest BCUT2D eigenvalue weighted by Crippen LogP contribution is 2.23. The van der Waals surface area contributed by atoms with E-state index in [0.717, 1.165) is 50.5 Å². The zero-order valence-electron chi connectivity index (χ0n) is 16.0. The minimum absolute atomic E-state index is 0.217. The van der Waals surface area contributed by atoms with Crippen LogP contribution in [-0.2, 0) is 17.7 Å². The van der Waals surface area contributed by atoms with Crippen LogP contribution in [0.1, 0.15) is 31.2 Å². The van der Waals surface area contributed by atoms with Crippen LogP contribution in [0.5, 0.6) is 0 Å². The Labute approximate surface area is 156 Å². The second kappa shape index (κ2) is 9.05. The van der Waals surface area contributed by atoms with Gasteiger partial charge in [0.15, 0.2) is 0 Å². The molecule has 1 aliphatic rings. The Morgan fingerprint density at radius 2 is 2.00 bits per heavy atom. The molecule has 1 saturated heterocycles. The lowest BCUT2D eigenvalue weighted by molar-refractivity contribution is 0.0258. The van der Waals surface area contributed by atoms with Gasteiger partial charge in [0, 0.05) is 51.7 Å². The summed E-state index contributed by atoms with van der Waals surface area (Å²) >= 11 is 0. The van der Waals surface area contributed by atoms with Crippen LogP contribution in [0, 0.1) is 0 Å². The molecule has 3 heterocycles. The molecule has 1 aliphatic heterocycles. The topological polar surface area (TPSA) is 54.4 Å². The summed E-state index contributed by atoms with van der Waals surface area (Å²) in [4.78, 5) is 17.7. The zero-order valence-corrected chi connectivity index (χ0v) is 16.0. The third-order valence-corrected chi connectivity index (χ3v) is 4.85. The van der Waals surface area contributed by atoms with Gasteiger partial charge in [0.2, 0.25) is 0 Å². The average molecular weight is 355 g/mol. The Bertz CT molecular complexity index is 681. The van der Waals surface area contributed by atoms with Gasteiger partial charge in [-0.1, -0.05) is 6.07 Å². The van der Waals surface area contributed by atoms with E-state index in [1.165, 1.54) is 5.56 Å². The average Bonchev–Trinajstić information content (AvgIpc) is 3.08. The molecule has 2 aromatic rings. The molecule has 0 unspecified atom stereocenters. The first-order valence-electron chi connectivity index (χ1n) is 9.40. The molecule has 3 rings (SSSR count). The second-order valence-corrected chi connectivity index (χ2v) is 7.06. The lowest BCUT2D eigenvalue weighted by atomic mass is 10.1. The van der Waals surface area contributed by atoms with E-state index < -0.39 is 0 Å². The van der Waals surface area contributed by atoms with Gasteiger partial charge in [-0.05, 0) is 44.5 Å². The van der Waals surface area contributed by atoms with Crippen LogP contribution < -0.4 is 4.90 Å². The highest BCUT2D eigenvalue weighted by molar-refractivity contribution is 5.35. The van der Waals surface area contributed by atoms with Crippen molar-refractivity contribution in [1.82, 2.24) is 19.9 Å². The molecular formula is C20H29N5O. The van der Waals surface area contributed by atoms with Crippen LogP contribution in [0.2, 0.25) is 0 Å². The Kier molecular flexibility index (Phi) is 6.52. The molecule has 2 atom stereocenters. The number of pyridine rings is 1. The predicted molar refractivity (Wildman–Crippen MR) is 103 cm³/mol. The van der Waals surface area contributed by atoms with Crippen LogP contribution in [0.4, 0.5) is 5.82 Å². The molecule has 0 aliphatic carbocycles. The van der Waals surface area contributed by atoms with E-state index in [2.05, 4.69) is 44.8 Å². The number of nitrogens with zero attached hydrogens (tertiary/aromatic N) is 5. The van der Waals surface area contributed by atoms with Gasteiger partial charge >= 0.3 is 0 Å². The lowest BCUT2D eigenvalue weighted by Gasteiger charge is -2.21. The monoisotopic (exact) mass is 355 g/mol. The van der Waals surface area contributed by atoms with Crippen molar-refractivity contribution < 1.29 is 4.74 Å². The molecule has 0 amide bonds. The van der Waals surface area contributed by atoms with Gasteiger partial charge in [-0.15, -0.1) is 0 Å². The zero-order chi connectivity index (χ0) is 18.4. The maximum atomic E-state index is 6.25. The smallest absolute Gasteiger partial charge is 0.133 e. The van der Waals surface area contributed by atoms with Crippen molar-refractivity contribution in [2.24, 2.45) is 0 Å². The highest BCUT2D eigenvalue weighted by atomic mass is 16.5. The quantitative estimate of drug-likeness (QED) is 0.725. The van der Waals surface area contributed by atoms with Gasteiger partial charge in [-0.25, -0.2) is 9.97 Å². The summed E-state index contributed by atoms with van der Waals surface area (Å²) in [5.41, 5.74) is 1.23. The second-order valence-electron chi connectivity index (χ2n) is 7.06. The first-order valence-corrected chi connectivity index (χ1v) is 9.40. The van der Waals surface area contributed by atoms with Gasteiger partial charge in [0.1, 0.15) is 11.6 Å². The lowest BCUT2D eigenvalue weighted by Crippen LogP contribution is -2.29. The van der Waals surface area contributed by atoms with Crippen molar-refractivity contribution in [3.8, 4) is 0 Å². The normalized spacial score (nSPS) is 19.8. The van der Waals surface area contributed by atoms with Crippen molar-refractivity contribution in [2.75, 3.05) is 32.1 Å². The number of anilines is 1. The summed E-state index contributed by atoms with van der Waals surface area (Å²) in [5.74, 6) is 1.85. The molecule has 6 nitrogen and oxygen atoms in total. The van der Waals surface area contributed by atoms with Gasteiger partial charge in [0.05, 0.1) is 12.2 Å². The van der Waals surface area contributed by atoms with E-state index in [1.54, 1.807) is 0 Å². The minimum atomic E-state index is 0.217. The fourth-order valence-corrected chi connectivity index (χ4v) is 3.34. The summed E-state index contributed by atoms with van der Waals surface area (Å²) in [6.45, 7) is 4.88. The summed E-state index contributed by atoms with van der Waals surface area (Å²) in [6.07, 6.45) is 9.03. The van der Waals surface area contributed by atoms with Gasteiger partial charge in [0.25, 0.3) is 0 Å². The Balaban J connectivity index is 1.48. The van der Waals surface area contributed by atoms with Gasteiger partial charge in [-0.3, -0.25) is 9.88 Å². The molecule has 0 N–H and O–H groups in total. The summed E-state index contributed by atoms with van der Waals surface area (Å²) in [5, 5.41) is 0. The van der Waals surface area contributed by atoms with E-state index in [0.29, 0.717) is 0 Å². The van der Waals surface area contributed by atoms with Crippen LogP contribution in [0.15, 0.2) is 36.8 Å². The molecule has 140 valence electrons. The van der Waals surface area contributed by atoms with Crippen molar-refractivity contribution >= 4 is 5.82 Å². The van der Waals surface area contributed by atoms with E-state index in [4.69, 9.17) is 4.74 Å². The number of aromatic nitrogens is 3. The highest BCUT2D eigenvalue weighted by Gasteiger charge is 2.27. The van der Waals surface area contributed by atoms with E-state index in [9.17, 15) is 0 Å². The first kappa shape index (κ1) is 18.7. The largest absolute Gasteiger partial charge is 0.373 e. The van der Waals surface area contributed by atoms with Crippen molar-refractivity contribution in [3.63, 3.8) is 0 Å². The van der Waals surface area contributed by atoms with Crippen LogP contribution in [0.25, 0.3) is 0 Å². The number of rotatable bonds is 8. The fraction of sp³-hybridized carbons (Fsp3) is 0.550. The predicted octanol–water partition coefficient (Wildman–Crippen LogP) is 2.55. The first-order chi connectivity index (χ1) is 12.6. The van der Waals surface area contributed by atoms with Crippen molar-refractivity contribution in [1.29, 1.82) is 0 Å². The van der Waals surface area contributed by atoms with Crippen LogP contribution in [-0.4, -0.2) is 59.2 Å². The summed E-state index contributed by atoms with van der Waals surface area (Å²) in [6, 6.07) is 6.05.